The molecule has 1 N–H and O–H groups in total. The number of likely N-dealkylation sites (tertiary alicyclic amines) is 1. The molecule has 27 heavy (non-hydrogen) atoms. The molecule has 1 saturated carbocycles. The molecule has 0 aromatic heterocycles. The number of ether oxygens (including phenoxy) is 1. The molecule has 2 aliphatic rings. The van der Waals surface area contributed by atoms with Gasteiger partial charge < -0.3 is 15.0 Å². The monoisotopic (exact) mass is 371 g/mol. The van der Waals surface area contributed by atoms with Gasteiger partial charge in [0.25, 0.3) is 0 Å². The molecule has 1 saturated heterocycles. The van der Waals surface area contributed by atoms with Crippen molar-refractivity contribution < 1.29 is 9.53 Å². The van der Waals surface area contributed by atoms with E-state index in [1.54, 1.807) is 0 Å². The first-order chi connectivity index (χ1) is 13.2. The molecule has 0 unspecified atom stereocenters. The van der Waals surface area contributed by atoms with Crippen LogP contribution in [0.5, 0.6) is 0 Å². The number of rotatable bonds is 7. The van der Waals surface area contributed by atoms with Gasteiger partial charge in [0.15, 0.2) is 5.96 Å². The van der Waals surface area contributed by atoms with Crippen LogP contribution in [0.2, 0.25) is 0 Å². The maximum atomic E-state index is 12.0. The number of carbonyl (C=O) groups excluding carboxylic acids is 1. The second kappa shape index (κ2) is 9.25. The quantitative estimate of drug-likeness (QED) is 0.454. The number of nitrogens with zero attached hydrogens (tertiary/aromatic N) is 2. The molecule has 3 rings (SSSR count). The van der Waals surface area contributed by atoms with Gasteiger partial charge in [0, 0.05) is 26.2 Å². The first kappa shape index (κ1) is 19.7. The van der Waals surface area contributed by atoms with Crippen molar-refractivity contribution in [3.8, 4) is 0 Å². The summed E-state index contributed by atoms with van der Waals surface area (Å²) in [6.07, 6.45) is 5.32. The summed E-state index contributed by atoms with van der Waals surface area (Å²) >= 11 is 0. The summed E-state index contributed by atoms with van der Waals surface area (Å²) in [5.41, 5.74) is 1.75. The average molecular weight is 372 g/mol. The summed E-state index contributed by atoms with van der Waals surface area (Å²) in [4.78, 5) is 19.2. The zero-order chi connectivity index (χ0) is 19.1. The molecule has 0 atom stereocenters. The van der Waals surface area contributed by atoms with Gasteiger partial charge in [-0.3, -0.25) is 9.79 Å². The Morgan fingerprint density at radius 3 is 2.52 bits per heavy atom. The molecular weight excluding hydrogens is 338 g/mol. The molecule has 148 valence electrons. The molecule has 1 aliphatic carbocycles. The molecule has 0 spiro atoms. The number of carbonyl (C=O) groups is 1. The molecule has 2 fully saturated rings. The Morgan fingerprint density at radius 1 is 1.22 bits per heavy atom. The molecule has 1 aromatic rings. The normalized spacial score (nSPS) is 19.6. The van der Waals surface area contributed by atoms with E-state index in [9.17, 15) is 4.79 Å². The van der Waals surface area contributed by atoms with Crippen molar-refractivity contribution >= 4 is 11.9 Å². The lowest BCUT2D eigenvalue weighted by Crippen LogP contribution is -2.47. The van der Waals surface area contributed by atoms with Crippen molar-refractivity contribution in [3.05, 3.63) is 35.9 Å². The molecule has 5 nitrogen and oxygen atoms in total. The number of esters is 1. The third-order valence-corrected chi connectivity index (χ3v) is 5.69. The number of piperidine rings is 1. The van der Waals surface area contributed by atoms with Gasteiger partial charge in [0.2, 0.25) is 0 Å². The molecule has 0 amide bonds. The first-order valence-electron chi connectivity index (χ1n) is 10.4. The molecule has 1 heterocycles. The fraction of sp³-hybridized carbons (Fsp3) is 0.636. The highest BCUT2D eigenvalue weighted by molar-refractivity contribution is 5.80. The van der Waals surface area contributed by atoms with Crippen LogP contribution in [-0.2, 0) is 16.0 Å². The number of guanidine groups is 1. The number of hydrogen-bond acceptors (Lipinski definition) is 3. The van der Waals surface area contributed by atoms with Crippen LogP contribution in [0, 0.1) is 11.3 Å². The van der Waals surface area contributed by atoms with Gasteiger partial charge in [-0.2, -0.15) is 0 Å². The van der Waals surface area contributed by atoms with Crippen LogP contribution in [0.3, 0.4) is 0 Å². The van der Waals surface area contributed by atoms with Crippen molar-refractivity contribution in [1.29, 1.82) is 0 Å². The Balaban J connectivity index is 1.56. The van der Waals surface area contributed by atoms with Gasteiger partial charge >= 0.3 is 5.97 Å². The van der Waals surface area contributed by atoms with Crippen LogP contribution >= 0.6 is 0 Å². The van der Waals surface area contributed by atoms with Gasteiger partial charge in [-0.05, 0) is 56.9 Å². The Kier molecular flexibility index (Phi) is 6.75. The Morgan fingerprint density at radius 2 is 1.93 bits per heavy atom. The Hall–Kier alpha value is -2.04. The minimum atomic E-state index is -0.0427. The first-order valence-corrected chi connectivity index (χ1v) is 10.4. The Bertz CT molecular complexity index is 632. The summed E-state index contributed by atoms with van der Waals surface area (Å²) in [7, 11) is 0. The molecule has 1 aliphatic heterocycles. The fourth-order valence-electron chi connectivity index (χ4n) is 3.85. The highest BCUT2D eigenvalue weighted by Crippen LogP contribution is 2.48. The van der Waals surface area contributed by atoms with E-state index in [1.165, 1.54) is 18.4 Å². The zero-order valence-electron chi connectivity index (χ0n) is 16.7. The van der Waals surface area contributed by atoms with E-state index in [0.717, 1.165) is 51.4 Å². The molecule has 0 radical (unpaired) electrons. The number of hydrogen-bond donors (Lipinski definition) is 1. The summed E-state index contributed by atoms with van der Waals surface area (Å²) in [5.74, 6) is 0.995. The standard InChI is InChI=1S/C22H33N3O2/c1-3-23-21(25-14-10-19(11-15-25)20(26)27-4-2)24-17-22(12-13-22)16-18-8-6-5-7-9-18/h5-9,19H,3-4,10-17H2,1-2H3,(H,23,24). The van der Waals surface area contributed by atoms with E-state index in [4.69, 9.17) is 9.73 Å². The topological polar surface area (TPSA) is 53.9 Å². The highest BCUT2D eigenvalue weighted by Gasteiger charge is 2.42. The van der Waals surface area contributed by atoms with Crippen LogP contribution in [0.25, 0.3) is 0 Å². The average Bonchev–Trinajstić information content (AvgIpc) is 3.46. The van der Waals surface area contributed by atoms with Crippen molar-refractivity contribution in [2.24, 2.45) is 16.3 Å². The van der Waals surface area contributed by atoms with E-state index < -0.39 is 0 Å². The van der Waals surface area contributed by atoms with Gasteiger partial charge in [-0.15, -0.1) is 0 Å². The summed E-state index contributed by atoms with van der Waals surface area (Å²) in [6.45, 7) is 7.91. The van der Waals surface area contributed by atoms with Gasteiger partial charge in [0.1, 0.15) is 0 Å². The summed E-state index contributed by atoms with van der Waals surface area (Å²) < 4.78 is 5.18. The van der Waals surface area contributed by atoms with Crippen LogP contribution in [0.4, 0.5) is 0 Å². The lowest BCUT2D eigenvalue weighted by molar-refractivity contribution is -0.149. The summed E-state index contributed by atoms with van der Waals surface area (Å²) in [6, 6.07) is 10.7. The van der Waals surface area contributed by atoms with E-state index in [2.05, 4.69) is 47.5 Å². The van der Waals surface area contributed by atoms with E-state index >= 15 is 0 Å². The maximum Gasteiger partial charge on any atom is 0.309 e. The SMILES string of the molecule is CCNC(=NCC1(Cc2ccccc2)CC1)N1CCC(C(=O)OCC)CC1. The second-order valence-electron chi connectivity index (χ2n) is 7.85. The second-order valence-corrected chi connectivity index (χ2v) is 7.85. The minimum absolute atomic E-state index is 0.0388. The minimum Gasteiger partial charge on any atom is -0.466 e. The number of benzene rings is 1. The van der Waals surface area contributed by atoms with Crippen molar-refractivity contribution in [2.75, 3.05) is 32.8 Å². The molecule has 1 aromatic carbocycles. The van der Waals surface area contributed by atoms with E-state index in [-0.39, 0.29) is 11.9 Å². The predicted octanol–water partition coefficient (Wildman–Crippen LogP) is 3.25. The smallest absolute Gasteiger partial charge is 0.309 e. The fourth-order valence-corrected chi connectivity index (χ4v) is 3.85. The van der Waals surface area contributed by atoms with Gasteiger partial charge in [-0.25, -0.2) is 0 Å². The van der Waals surface area contributed by atoms with Crippen LogP contribution in [-0.4, -0.2) is 49.6 Å². The lowest BCUT2D eigenvalue weighted by atomic mass is 9.96. The molecular formula is C22H33N3O2. The van der Waals surface area contributed by atoms with Gasteiger partial charge in [-0.1, -0.05) is 30.3 Å². The third-order valence-electron chi connectivity index (χ3n) is 5.69. The zero-order valence-corrected chi connectivity index (χ0v) is 16.7. The maximum absolute atomic E-state index is 12.0. The van der Waals surface area contributed by atoms with E-state index in [1.807, 2.05) is 6.92 Å². The molecule has 5 heteroatoms. The van der Waals surface area contributed by atoms with Crippen molar-refractivity contribution in [1.82, 2.24) is 10.2 Å². The van der Waals surface area contributed by atoms with Gasteiger partial charge in [0.05, 0.1) is 12.5 Å². The third kappa shape index (κ3) is 5.47. The summed E-state index contributed by atoms with van der Waals surface area (Å²) in [5, 5.41) is 3.45. The number of nitrogens with one attached hydrogen (secondary N) is 1. The molecule has 0 bridgehead atoms. The Labute approximate surface area is 163 Å². The van der Waals surface area contributed by atoms with Crippen LogP contribution in [0.15, 0.2) is 35.3 Å². The lowest BCUT2D eigenvalue weighted by Gasteiger charge is -2.33. The van der Waals surface area contributed by atoms with Crippen LogP contribution in [0.1, 0.15) is 45.1 Å². The largest absolute Gasteiger partial charge is 0.466 e. The van der Waals surface area contributed by atoms with Crippen molar-refractivity contribution in [3.63, 3.8) is 0 Å². The van der Waals surface area contributed by atoms with Crippen LogP contribution < -0.4 is 5.32 Å². The van der Waals surface area contributed by atoms with E-state index in [0.29, 0.717) is 12.0 Å². The number of aliphatic imine (C=N–C) groups is 1. The highest BCUT2D eigenvalue weighted by atomic mass is 16.5. The van der Waals surface area contributed by atoms with Crippen molar-refractivity contribution in [2.45, 2.75) is 46.0 Å². The predicted molar refractivity (Wildman–Crippen MR) is 109 cm³/mol.